The van der Waals surface area contributed by atoms with Gasteiger partial charge in [-0.1, -0.05) is 25.7 Å². The Morgan fingerprint density at radius 1 is 0.963 bits per heavy atom. The molecule has 0 heterocycles. The molecule has 0 aromatic heterocycles. The highest BCUT2D eigenvalue weighted by Crippen LogP contribution is 2.67. The third kappa shape index (κ3) is 3.07. The number of hydrogen-bond acceptors (Lipinski definition) is 3. The highest BCUT2D eigenvalue weighted by Gasteiger charge is 2.61. The molecule has 0 unspecified atom stereocenters. The summed E-state index contributed by atoms with van der Waals surface area (Å²) in [6.07, 6.45) is 11.4. The lowest BCUT2D eigenvalue weighted by Gasteiger charge is -2.61. The third-order valence-corrected chi connectivity index (χ3v) is 9.48. The average Bonchev–Trinajstić information content (AvgIpc) is 2.99. The minimum atomic E-state index is -0.829. The molecule has 4 saturated carbocycles. The molecule has 0 spiro atoms. The highest BCUT2D eigenvalue weighted by molar-refractivity contribution is 5.19. The van der Waals surface area contributed by atoms with Crippen molar-refractivity contribution in [3.63, 3.8) is 0 Å². The lowest BCUT2D eigenvalue weighted by atomic mass is 9.44. The summed E-state index contributed by atoms with van der Waals surface area (Å²) in [5.41, 5.74) is -0.0888. The fraction of sp³-hybridized carbons (Fsp3) is 0.917. The van der Waals surface area contributed by atoms with Crippen LogP contribution in [0.2, 0.25) is 0 Å². The Morgan fingerprint density at radius 3 is 2.48 bits per heavy atom. The Kier molecular flexibility index (Phi) is 5.15. The Labute approximate surface area is 165 Å². The van der Waals surface area contributed by atoms with Crippen molar-refractivity contribution in [1.29, 1.82) is 0 Å². The number of ether oxygens (including phenoxy) is 1. The summed E-state index contributed by atoms with van der Waals surface area (Å²) in [7, 11) is 1.91. The summed E-state index contributed by atoms with van der Waals surface area (Å²) in [6.45, 7) is 5.11. The second-order valence-corrected chi connectivity index (χ2v) is 10.5. The van der Waals surface area contributed by atoms with Gasteiger partial charge in [-0.15, -0.1) is 0 Å². The van der Waals surface area contributed by atoms with E-state index in [9.17, 15) is 5.11 Å². The van der Waals surface area contributed by atoms with Crippen molar-refractivity contribution in [2.24, 2.45) is 34.5 Å². The minimum Gasteiger partial charge on any atom is -0.395 e. The predicted molar refractivity (Wildman–Crippen MR) is 107 cm³/mol. The molecular formula is C24H38O3. The first-order valence-corrected chi connectivity index (χ1v) is 11.2. The van der Waals surface area contributed by atoms with E-state index in [0.717, 1.165) is 37.0 Å². The number of hydrogen-bond donors (Lipinski definition) is 2. The normalized spacial score (nSPS) is 51.5. The number of rotatable bonds is 2. The molecule has 4 fully saturated rings. The fourth-order valence-corrected chi connectivity index (χ4v) is 7.98. The number of aliphatic hydroxyl groups is 2. The van der Waals surface area contributed by atoms with Gasteiger partial charge in [0.25, 0.3) is 0 Å². The van der Waals surface area contributed by atoms with Gasteiger partial charge >= 0.3 is 0 Å². The first kappa shape index (κ1) is 19.7. The van der Waals surface area contributed by atoms with Gasteiger partial charge in [0.05, 0.1) is 12.7 Å². The van der Waals surface area contributed by atoms with Crippen LogP contribution in [0, 0.1) is 46.3 Å². The fourth-order valence-electron chi connectivity index (χ4n) is 7.98. The van der Waals surface area contributed by atoms with Crippen LogP contribution in [0.5, 0.6) is 0 Å². The monoisotopic (exact) mass is 374 g/mol. The van der Waals surface area contributed by atoms with E-state index < -0.39 is 5.60 Å². The summed E-state index contributed by atoms with van der Waals surface area (Å²) in [5.74, 6) is 9.16. The maximum atomic E-state index is 11.0. The van der Waals surface area contributed by atoms with E-state index in [4.69, 9.17) is 9.84 Å². The van der Waals surface area contributed by atoms with Gasteiger partial charge in [-0.05, 0) is 92.3 Å². The lowest BCUT2D eigenvalue weighted by molar-refractivity contribution is -0.146. The summed E-state index contributed by atoms with van der Waals surface area (Å²) in [5, 5.41) is 20.0. The summed E-state index contributed by atoms with van der Waals surface area (Å²) < 4.78 is 5.90. The van der Waals surface area contributed by atoms with Gasteiger partial charge in [-0.3, -0.25) is 0 Å². The first-order chi connectivity index (χ1) is 12.9. The Balaban J connectivity index is 1.53. The van der Waals surface area contributed by atoms with E-state index in [1.807, 2.05) is 7.11 Å². The quantitative estimate of drug-likeness (QED) is 0.714. The van der Waals surface area contributed by atoms with Crippen molar-refractivity contribution in [1.82, 2.24) is 0 Å². The largest absolute Gasteiger partial charge is 0.395 e. The standard InChI is InChI=1S/C24H38O3/c1-22-13-14-24(26,11-4-5-15-25)16-17(22)6-7-18-19-8-9-21(27-3)23(19,2)12-10-20(18)22/h17-21,25-26H,5-10,12-16H2,1-3H3/t17-,18+,19+,20+,21+,22+,23+,24+/m1/s1. The smallest absolute Gasteiger partial charge is 0.125 e. The summed E-state index contributed by atoms with van der Waals surface area (Å²) in [6, 6.07) is 0. The maximum Gasteiger partial charge on any atom is 0.125 e. The summed E-state index contributed by atoms with van der Waals surface area (Å²) in [4.78, 5) is 0. The molecule has 4 rings (SSSR count). The van der Waals surface area contributed by atoms with E-state index >= 15 is 0 Å². The van der Waals surface area contributed by atoms with E-state index in [1.165, 1.54) is 38.5 Å². The topological polar surface area (TPSA) is 49.7 Å². The van der Waals surface area contributed by atoms with Gasteiger partial charge in [0.1, 0.15) is 5.60 Å². The highest BCUT2D eigenvalue weighted by atomic mass is 16.5. The van der Waals surface area contributed by atoms with E-state index in [0.29, 0.717) is 29.3 Å². The van der Waals surface area contributed by atoms with Crippen LogP contribution in [-0.4, -0.2) is 35.6 Å². The molecule has 4 aliphatic carbocycles. The van der Waals surface area contributed by atoms with Crippen LogP contribution in [0.1, 0.15) is 78.1 Å². The average molecular weight is 375 g/mol. The molecule has 0 bridgehead atoms. The van der Waals surface area contributed by atoms with Gasteiger partial charge in [-0.2, -0.15) is 0 Å². The molecule has 2 N–H and O–H groups in total. The van der Waals surface area contributed by atoms with Crippen molar-refractivity contribution in [2.75, 3.05) is 13.7 Å². The molecule has 3 heteroatoms. The van der Waals surface area contributed by atoms with Crippen molar-refractivity contribution in [2.45, 2.75) is 89.8 Å². The molecule has 0 radical (unpaired) electrons. The predicted octanol–water partition coefficient (Wildman–Crippen LogP) is 4.16. The number of methoxy groups -OCH3 is 1. The van der Waals surface area contributed by atoms with Gasteiger partial charge < -0.3 is 14.9 Å². The Hall–Kier alpha value is -0.560. The van der Waals surface area contributed by atoms with Crippen molar-refractivity contribution >= 4 is 0 Å². The zero-order valence-corrected chi connectivity index (χ0v) is 17.5. The van der Waals surface area contributed by atoms with Crippen LogP contribution >= 0.6 is 0 Å². The molecule has 0 aliphatic heterocycles. The van der Waals surface area contributed by atoms with E-state index in [2.05, 4.69) is 25.7 Å². The zero-order valence-electron chi connectivity index (χ0n) is 17.5. The van der Waals surface area contributed by atoms with Crippen LogP contribution in [0.25, 0.3) is 0 Å². The number of aliphatic hydroxyl groups excluding tert-OH is 1. The Bertz CT molecular complexity index is 621. The minimum absolute atomic E-state index is 0.0800. The summed E-state index contributed by atoms with van der Waals surface area (Å²) >= 11 is 0. The molecule has 8 atom stereocenters. The van der Waals surface area contributed by atoms with Crippen LogP contribution in [0.4, 0.5) is 0 Å². The lowest BCUT2D eigenvalue weighted by Crippen LogP contribution is -2.56. The van der Waals surface area contributed by atoms with Crippen LogP contribution < -0.4 is 0 Å². The molecule has 152 valence electrons. The van der Waals surface area contributed by atoms with Crippen LogP contribution in [0.15, 0.2) is 0 Å². The molecule has 0 amide bonds. The van der Waals surface area contributed by atoms with Crippen LogP contribution in [0.3, 0.4) is 0 Å². The second-order valence-electron chi connectivity index (χ2n) is 10.5. The zero-order chi connectivity index (χ0) is 19.3. The van der Waals surface area contributed by atoms with Crippen LogP contribution in [-0.2, 0) is 4.74 Å². The van der Waals surface area contributed by atoms with Crippen molar-refractivity contribution in [3.05, 3.63) is 0 Å². The van der Waals surface area contributed by atoms with Crippen molar-refractivity contribution in [3.8, 4) is 11.8 Å². The third-order valence-electron chi connectivity index (χ3n) is 9.48. The molecule has 0 aromatic carbocycles. The van der Waals surface area contributed by atoms with Gasteiger partial charge in [0.15, 0.2) is 0 Å². The van der Waals surface area contributed by atoms with Gasteiger partial charge in [0, 0.05) is 13.5 Å². The van der Waals surface area contributed by atoms with E-state index in [1.54, 1.807) is 0 Å². The molecule has 0 saturated heterocycles. The second kappa shape index (κ2) is 7.05. The molecule has 4 aliphatic rings. The van der Waals surface area contributed by atoms with Gasteiger partial charge in [0.2, 0.25) is 0 Å². The Morgan fingerprint density at radius 2 is 1.74 bits per heavy atom. The molecule has 27 heavy (non-hydrogen) atoms. The first-order valence-electron chi connectivity index (χ1n) is 11.2. The van der Waals surface area contributed by atoms with Crippen molar-refractivity contribution < 1.29 is 14.9 Å². The van der Waals surface area contributed by atoms with E-state index in [-0.39, 0.29) is 6.61 Å². The number of fused-ring (bicyclic) bond motifs is 5. The maximum absolute atomic E-state index is 11.0. The molecular weight excluding hydrogens is 336 g/mol. The SMILES string of the molecule is CO[C@H]1CC[C@H]2[C@@H]3CC[C@@H]4C[C@](O)(C#CCCO)CC[C@]4(C)[C@H]3CC[C@]12C. The molecule has 3 nitrogen and oxygen atoms in total. The molecule has 0 aromatic rings. The van der Waals surface area contributed by atoms with Gasteiger partial charge in [-0.25, -0.2) is 0 Å².